The highest BCUT2D eigenvalue weighted by Crippen LogP contribution is 2.23. The lowest BCUT2D eigenvalue weighted by Crippen LogP contribution is -2.33. The van der Waals surface area contributed by atoms with Gasteiger partial charge in [-0.15, -0.1) is 0 Å². The molecule has 3 nitrogen and oxygen atoms in total. The third-order valence-corrected chi connectivity index (χ3v) is 3.26. The van der Waals surface area contributed by atoms with E-state index in [0.29, 0.717) is 6.04 Å². The van der Waals surface area contributed by atoms with Crippen molar-refractivity contribution in [1.29, 1.82) is 5.26 Å². The molecule has 3 heteroatoms. The number of aliphatic hydroxyl groups excluding tert-OH is 1. The van der Waals surface area contributed by atoms with Crippen LogP contribution in [0.4, 0.5) is 0 Å². The normalized spacial score (nSPS) is 22.9. The second-order valence-electron chi connectivity index (χ2n) is 5.11. The summed E-state index contributed by atoms with van der Waals surface area (Å²) in [5.41, 5.74) is -0.200. The van der Waals surface area contributed by atoms with Crippen LogP contribution in [0.25, 0.3) is 0 Å². The van der Waals surface area contributed by atoms with Crippen molar-refractivity contribution in [3.05, 3.63) is 0 Å². The minimum Gasteiger partial charge on any atom is -0.395 e. The molecule has 0 radical (unpaired) electrons. The molecule has 0 saturated carbocycles. The third-order valence-electron chi connectivity index (χ3n) is 3.26. The molecule has 1 aliphatic heterocycles. The molecule has 0 aromatic carbocycles. The molecule has 0 aliphatic carbocycles. The molecule has 86 valence electrons. The molecule has 1 aliphatic rings. The van der Waals surface area contributed by atoms with E-state index in [-0.39, 0.29) is 12.0 Å². The standard InChI is InChI=1S/C12H22N2O/c1-12(2,10-13)6-4-8-14-7-3-5-11(14)9-15/h11,15H,3-9H2,1-2H3/t11-/m1/s1. The summed E-state index contributed by atoms with van der Waals surface area (Å²) < 4.78 is 0. The Bertz CT molecular complexity index is 232. The van der Waals surface area contributed by atoms with E-state index in [1.165, 1.54) is 6.42 Å². The van der Waals surface area contributed by atoms with Gasteiger partial charge in [-0.05, 0) is 52.6 Å². The number of hydrogen-bond acceptors (Lipinski definition) is 3. The van der Waals surface area contributed by atoms with Crippen molar-refractivity contribution < 1.29 is 5.11 Å². The number of nitrogens with zero attached hydrogens (tertiary/aromatic N) is 2. The van der Waals surface area contributed by atoms with Crippen LogP contribution in [0.5, 0.6) is 0 Å². The fourth-order valence-corrected chi connectivity index (χ4v) is 2.18. The molecule has 0 aromatic heterocycles. The van der Waals surface area contributed by atoms with Crippen molar-refractivity contribution in [2.75, 3.05) is 19.7 Å². The van der Waals surface area contributed by atoms with Crippen LogP contribution in [0, 0.1) is 16.7 Å². The highest BCUT2D eigenvalue weighted by atomic mass is 16.3. The van der Waals surface area contributed by atoms with Crippen molar-refractivity contribution in [2.45, 2.75) is 45.6 Å². The lowest BCUT2D eigenvalue weighted by molar-refractivity contribution is 0.154. The molecule has 1 rings (SSSR count). The highest BCUT2D eigenvalue weighted by molar-refractivity contribution is 4.91. The monoisotopic (exact) mass is 210 g/mol. The Hall–Kier alpha value is -0.590. The Morgan fingerprint density at radius 1 is 1.53 bits per heavy atom. The zero-order valence-electron chi connectivity index (χ0n) is 9.87. The van der Waals surface area contributed by atoms with E-state index >= 15 is 0 Å². The zero-order chi connectivity index (χ0) is 11.3. The topological polar surface area (TPSA) is 47.3 Å². The average Bonchev–Trinajstić information content (AvgIpc) is 2.65. The maximum absolute atomic E-state index is 9.15. The molecule has 0 amide bonds. The predicted octanol–water partition coefficient (Wildman–Crippen LogP) is 1.77. The van der Waals surface area contributed by atoms with Crippen molar-refractivity contribution in [3.63, 3.8) is 0 Å². The van der Waals surface area contributed by atoms with E-state index in [9.17, 15) is 0 Å². The fraction of sp³-hybridized carbons (Fsp3) is 0.917. The zero-order valence-corrected chi connectivity index (χ0v) is 9.87. The van der Waals surface area contributed by atoms with Gasteiger partial charge in [0.05, 0.1) is 18.1 Å². The van der Waals surface area contributed by atoms with Gasteiger partial charge in [-0.1, -0.05) is 0 Å². The van der Waals surface area contributed by atoms with Gasteiger partial charge >= 0.3 is 0 Å². The van der Waals surface area contributed by atoms with Crippen LogP contribution in [-0.2, 0) is 0 Å². The van der Waals surface area contributed by atoms with Crippen LogP contribution in [0.1, 0.15) is 39.5 Å². The molecule has 0 bridgehead atoms. The van der Waals surface area contributed by atoms with Gasteiger partial charge in [0.25, 0.3) is 0 Å². The van der Waals surface area contributed by atoms with Gasteiger partial charge in [-0.25, -0.2) is 0 Å². The Morgan fingerprint density at radius 3 is 2.87 bits per heavy atom. The van der Waals surface area contributed by atoms with Crippen LogP contribution >= 0.6 is 0 Å². The fourth-order valence-electron chi connectivity index (χ4n) is 2.18. The third kappa shape index (κ3) is 3.81. The van der Waals surface area contributed by atoms with E-state index in [1.807, 2.05) is 13.8 Å². The molecule has 1 saturated heterocycles. The first-order valence-electron chi connectivity index (χ1n) is 5.85. The van der Waals surface area contributed by atoms with Crippen LogP contribution in [-0.4, -0.2) is 35.7 Å². The Balaban J connectivity index is 2.23. The van der Waals surface area contributed by atoms with Crippen molar-refractivity contribution in [2.24, 2.45) is 5.41 Å². The molecular formula is C12H22N2O. The first-order chi connectivity index (χ1) is 7.09. The summed E-state index contributed by atoms with van der Waals surface area (Å²) in [7, 11) is 0. The van der Waals surface area contributed by atoms with E-state index in [4.69, 9.17) is 10.4 Å². The second kappa shape index (κ2) is 5.48. The summed E-state index contributed by atoms with van der Waals surface area (Å²) in [4.78, 5) is 2.35. The van der Waals surface area contributed by atoms with E-state index in [1.54, 1.807) is 0 Å². The largest absolute Gasteiger partial charge is 0.395 e. The van der Waals surface area contributed by atoms with Gasteiger partial charge in [0.1, 0.15) is 0 Å². The number of hydrogen-bond donors (Lipinski definition) is 1. The van der Waals surface area contributed by atoms with Gasteiger partial charge in [-0.3, -0.25) is 4.90 Å². The minimum absolute atomic E-state index is 0.200. The van der Waals surface area contributed by atoms with Gasteiger partial charge in [0.15, 0.2) is 0 Å². The molecule has 0 unspecified atom stereocenters. The molecule has 1 atom stereocenters. The van der Waals surface area contributed by atoms with Crippen LogP contribution < -0.4 is 0 Å². The van der Waals surface area contributed by atoms with Gasteiger partial charge in [0.2, 0.25) is 0 Å². The Morgan fingerprint density at radius 2 is 2.27 bits per heavy atom. The Kier molecular flexibility index (Phi) is 4.56. The minimum atomic E-state index is -0.200. The number of rotatable bonds is 5. The van der Waals surface area contributed by atoms with E-state index in [0.717, 1.165) is 32.4 Å². The van der Waals surface area contributed by atoms with Crippen LogP contribution in [0.15, 0.2) is 0 Å². The summed E-state index contributed by atoms with van der Waals surface area (Å²) in [5, 5.41) is 18.0. The quantitative estimate of drug-likeness (QED) is 0.752. The molecule has 15 heavy (non-hydrogen) atoms. The highest BCUT2D eigenvalue weighted by Gasteiger charge is 2.24. The van der Waals surface area contributed by atoms with Gasteiger partial charge in [0, 0.05) is 6.04 Å². The Labute approximate surface area is 92.7 Å². The SMILES string of the molecule is CC(C)(C#N)CCCN1CCC[C@@H]1CO. The summed E-state index contributed by atoms with van der Waals surface area (Å²) >= 11 is 0. The lowest BCUT2D eigenvalue weighted by atomic mass is 9.90. The molecular weight excluding hydrogens is 188 g/mol. The van der Waals surface area contributed by atoms with Crippen molar-refractivity contribution in [3.8, 4) is 6.07 Å². The van der Waals surface area contributed by atoms with E-state index in [2.05, 4.69) is 11.0 Å². The van der Waals surface area contributed by atoms with Crippen molar-refractivity contribution >= 4 is 0 Å². The summed E-state index contributed by atoms with van der Waals surface area (Å²) in [6.07, 6.45) is 4.32. The van der Waals surface area contributed by atoms with Crippen LogP contribution in [0.2, 0.25) is 0 Å². The first kappa shape index (κ1) is 12.5. The number of likely N-dealkylation sites (tertiary alicyclic amines) is 1. The smallest absolute Gasteiger partial charge is 0.0683 e. The summed E-state index contributed by atoms with van der Waals surface area (Å²) in [6, 6.07) is 2.69. The summed E-state index contributed by atoms with van der Waals surface area (Å²) in [6.45, 7) is 6.39. The van der Waals surface area contributed by atoms with E-state index < -0.39 is 0 Å². The van der Waals surface area contributed by atoms with Gasteiger partial charge < -0.3 is 5.11 Å². The summed E-state index contributed by atoms with van der Waals surface area (Å²) in [5.74, 6) is 0. The molecule has 1 heterocycles. The second-order valence-corrected chi connectivity index (χ2v) is 5.11. The predicted molar refractivity (Wildman–Crippen MR) is 60.3 cm³/mol. The lowest BCUT2D eigenvalue weighted by Gasteiger charge is -2.24. The molecule has 1 N–H and O–H groups in total. The maximum atomic E-state index is 9.15. The molecule has 1 fully saturated rings. The maximum Gasteiger partial charge on any atom is 0.0683 e. The molecule has 0 aromatic rings. The number of aliphatic hydroxyl groups is 1. The first-order valence-corrected chi connectivity index (χ1v) is 5.85. The van der Waals surface area contributed by atoms with Crippen molar-refractivity contribution in [1.82, 2.24) is 4.90 Å². The van der Waals surface area contributed by atoms with Crippen LogP contribution in [0.3, 0.4) is 0 Å². The van der Waals surface area contributed by atoms with Gasteiger partial charge in [-0.2, -0.15) is 5.26 Å². The molecule has 0 spiro atoms. The average molecular weight is 210 g/mol. The number of nitriles is 1.